The highest BCUT2D eigenvalue weighted by atomic mass is 16.5. The molecule has 1 N–H and O–H groups in total. The minimum absolute atomic E-state index is 0.0287. The van der Waals surface area contributed by atoms with Gasteiger partial charge in [-0.05, 0) is 42.8 Å². The maximum Gasteiger partial charge on any atom is 0.266 e. The molecule has 2 aromatic carbocycles. The molecule has 0 unspecified atom stereocenters. The molecule has 26 heavy (non-hydrogen) atoms. The van der Waals surface area contributed by atoms with Crippen molar-refractivity contribution < 1.29 is 19.0 Å². The fourth-order valence-corrected chi connectivity index (χ4v) is 2.29. The minimum Gasteiger partial charge on any atom is -0.494 e. The van der Waals surface area contributed by atoms with E-state index in [1.54, 1.807) is 42.5 Å². The maximum atomic E-state index is 12.4. The second-order valence-electron chi connectivity index (χ2n) is 5.20. The number of benzene rings is 2. The van der Waals surface area contributed by atoms with Crippen molar-refractivity contribution in [2.45, 2.75) is 6.92 Å². The van der Waals surface area contributed by atoms with Crippen molar-refractivity contribution in [1.29, 1.82) is 5.26 Å². The SMILES string of the molecule is CCOc1cccc(NC(=O)/C(C#N)=C/c2ccc(OC)c(OC)c2)c1. The maximum absolute atomic E-state index is 12.4. The highest BCUT2D eigenvalue weighted by Gasteiger charge is 2.11. The molecular formula is C20H20N2O4. The standard InChI is InChI=1S/C20H20N2O4/c1-4-26-17-7-5-6-16(12-17)22-20(23)15(13-21)10-14-8-9-18(24-2)19(11-14)25-3/h5-12H,4H2,1-3H3,(H,22,23)/b15-10+. The van der Waals surface area contributed by atoms with Crippen LogP contribution in [-0.4, -0.2) is 26.7 Å². The molecule has 0 aromatic heterocycles. The van der Waals surface area contributed by atoms with E-state index in [0.29, 0.717) is 35.1 Å². The number of nitrogens with one attached hydrogen (secondary N) is 1. The first-order valence-corrected chi connectivity index (χ1v) is 7.99. The number of anilines is 1. The van der Waals surface area contributed by atoms with Gasteiger partial charge in [0.1, 0.15) is 17.4 Å². The largest absolute Gasteiger partial charge is 0.494 e. The van der Waals surface area contributed by atoms with Gasteiger partial charge in [-0.15, -0.1) is 0 Å². The van der Waals surface area contributed by atoms with Gasteiger partial charge < -0.3 is 19.5 Å². The van der Waals surface area contributed by atoms with Crippen LogP contribution in [0.5, 0.6) is 17.2 Å². The molecule has 0 heterocycles. The van der Waals surface area contributed by atoms with Crippen molar-refractivity contribution in [3.05, 3.63) is 53.6 Å². The van der Waals surface area contributed by atoms with Crippen LogP contribution in [-0.2, 0) is 4.79 Å². The highest BCUT2D eigenvalue weighted by Crippen LogP contribution is 2.28. The lowest BCUT2D eigenvalue weighted by Crippen LogP contribution is -2.13. The third-order valence-corrected chi connectivity index (χ3v) is 3.49. The molecule has 0 spiro atoms. The van der Waals surface area contributed by atoms with Crippen molar-refractivity contribution in [2.24, 2.45) is 0 Å². The predicted molar refractivity (Wildman–Crippen MR) is 99.4 cm³/mol. The number of carbonyl (C=O) groups is 1. The average molecular weight is 352 g/mol. The Hall–Kier alpha value is -3.46. The van der Waals surface area contributed by atoms with E-state index in [4.69, 9.17) is 14.2 Å². The number of nitrogens with zero attached hydrogens (tertiary/aromatic N) is 1. The van der Waals surface area contributed by atoms with E-state index in [1.807, 2.05) is 13.0 Å². The van der Waals surface area contributed by atoms with Crippen LogP contribution in [0.25, 0.3) is 6.08 Å². The third-order valence-electron chi connectivity index (χ3n) is 3.49. The predicted octanol–water partition coefficient (Wildman–Crippen LogP) is 3.65. The van der Waals surface area contributed by atoms with Crippen molar-refractivity contribution in [3.63, 3.8) is 0 Å². The smallest absolute Gasteiger partial charge is 0.266 e. The Bertz CT molecular complexity index is 853. The summed E-state index contributed by atoms with van der Waals surface area (Å²) in [5.41, 5.74) is 1.17. The van der Waals surface area contributed by atoms with Crippen LogP contribution in [0.2, 0.25) is 0 Å². The summed E-state index contributed by atoms with van der Waals surface area (Å²) < 4.78 is 15.8. The Morgan fingerprint density at radius 2 is 1.92 bits per heavy atom. The number of nitriles is 1. The first-order valence-electron chi connectivity index (χ1n) is 7.99. The van der Waals surface area contributed by atoms with Crippen LogP contribution in [0, 0.1) is 11.3 Å². The summed E-state index contributed by atoms with van der Waals surface area (Å²) in [6, 6.07) is 14.1. The minimum atomic E-state index is -0.504. The Kier molecular flexibility index (Phi) is 6.63. The van der Waals surface area contributed by atoms with Crippen LogP contribution >= 0.6 is 0 Å². The molecule has 2 rings (SSSR count). The Morgan fingerprint density at radius 3 is 2.58 bits per heavy atom. The summed E-state index contributed by atoms with van der Waals surface area (Å²) in [5.74, 6) is 1.23. The number of rotatable bonds is 7. The second-order valence-corrected chi connectivity index (χ2v) is 5.20. The normalized spacial score (nSPS) is 10.6. The van der Waals surface area contributed by atoms with E-state index in [9.17, 15) is 10.1 Å². The zero-order valence-electron chi connectivity index (χ0n) is 14.9. The van der Waals surface area contributed by atoms with Gasteiger partial charge in [-0.1, -0.05) is 12.1 Å². The zero-order chi connectivity index (χ0) is 18.9. The van der Waals surface area contributed by atoms with Crippen molar-refractivity contribution in [3.8, 4) is 23.3 Å². The third kappa shape index (κ3) is 4.77. The molecule has 0 aliphatic carbocycles. The van der Waals surface area contributed by atoms with Crippen LogP contribution in [0.4, 0.5) is 5.69 Å². The van der Waals surface area contributed by atoms with Gasteiger partial charge in [0.05, 0.1) is 20.8 Å². The van der Waals surface area contributed by atoms with Gasteiger partial charge in [0, 0.05) is 11.8 Å². The van der Waals surface area contributed by atoms with Crippen LogP contribution in [0.1, 0.15) is 12.5 Å². The summed E-state index contributed by atoms with van der Waals surface area (Å²) in [6.07, 6.45) is 1.49. The number of hydrogen-bond acceptors (Lipinski definition) is 5. The molecule has 1 amide bonds. The molecule has 0 saturated carbocycles. The summed E-state index contributed by atoms with van der Waals surface area (Å²) >= 11 is 0. The molecule has 0 bridgehead atoms. The Balaban J connectivity index is 2.22. The molecule has 2 aromatic rings. The summed E-state index contributed by atoms with van der Waals surface area (Å²) in [6.45, 7) is 2.41. The molecule has 6 heteroatoms. The monoisotopic (exact) mass is 352 g/mol. The van der Waals surface area contributed by atoms with Crippen molar-refractivity contribution in [1.82, 2.24) is 0 Å². The lowest BCUT2D eigenvalue weighted by Gasteiger charge is -2.09. The fourth-order valence-electron chi connectivity index (χ4n) is 2.29. The van der Waals surface area contributed by atoms with E-state index in [2.05, 4.69) is 5.32 Å². The topological polar surface area (TPSA) is 80.6 Å². The molecule has 0 saturated heterocycles. The Labute approximate surface area is 152 Å². The molecule has 0 aliphatic heterocycles. The molecule has 0 atom stereocenters. The van der Waals surface area contributed by atoms with Gasteiger partial charge in [0.15, 0.2) is 11.5 Å². The van der Waals surface area contributed by atoms with Gasteiger partial charge in [-0.2, -0.15) is 5.26 Å². The molecule has 134 valence electrons. The lowest BCUT2D eigenvalue weighted by molar-refractivity contribution is -0.112. The van der Waals surface area contributed by atoms with Gasteiger partial charge in [-0.25, -0.2) is 0 Å². The fraction of sp³-hybridized carbons (Fsp3) is 0.200. The van der Waals surface area contributed by atoms with Crippen molar-refractivity contribution >= 4 is 17.7 Å². The van der Waals surface area contributed by atoms with Crippen LogP contribution in [0.15, 0.2) is 48.0 Å². The van der Waals surface area contributed by atoms with Crippen molar-refractivity contribution in [2.75, 3.05) is 26.1 Å². The van der Waals surface area contributed by atoms with E-state index in [1.165, 1.54) is 20.3 Å². The van der Waals surface area contributed by atoms with Crippen LogP contribution < -0.4 is 19.5 Å². The number of methoxy groups -OCH3 is 2. The number of amides is 1. The second kappa shape index (κ2) is 9.14. The van der Waals surface area contributed by atoms with E-state index in [-0.39, 0.29) is 5.57 Å². The highest BCUT2D eigenvalue weighted by molar-refractivity contribution is 6.09. The van der Waals surface area contributed by atoms with Gasteiger partial charge in [0.2, 0.25) is 0 Å². The summed E-state index contributed by atoms with van der Waals surface area (Å²) in [7, 11) is 3.06. The quantitative estimate of drug-likeness (QED) is 0.608. The van der Waals surface area contributed by atoms with Gasteiger partial charge >= 0.3 is 0 Å². The first kappa shape index (κ1) is 18.9. The van der Waals surface area contributed by atoms with Crippen LogP contribution in [0.3, 0.4) is 0 Å². The van der Waals surface area contributed by atoms with E-state index < -0.39 is 5.91 Å². The van der Waals surface area contributed by atoms with Gasteiger partial charge in [-0.3, -0.25) is 4.79 Å². The number of carbonyl (C=O) groups excluding carboxylic acids is 1. The summed E-state index contributed by atoms with van der Waals surface area (Å²) in [5, 5.41) is 12.0. The molecular weight excluding hydrogens is 332 g/mol. The summed E-state index contributed by atoms with van der Waals surface area (Å²) in [4.78, 5) is 12.4. The number of ether oxygens (including phenoxy) is 3. The molecule has 6 nitrogen and oxygen atoms in total. The average Bonchev–Trinajstić information content (AvgIpc) is 2.66. The van der Waals surface area contributed by atoms with E-state index in [0.717, 1.165) is 0 Å². The first-order chi connectivity index (χ1) is 12.6. The Morgan fingerprint density at radius 1 is 1.15 bits per heavy atom. The van der Waals surface area contributed by atoms with E-state index >= 15 is 0 Å². The lowest BCUT2D eigenvalue weighted by atomic mass is 10.1. The molecule has 0 fully saturated rings. The molecule has 0 aliphatic rings. The number of hydrogen-bond donors (Lipinski definition) is 1. The zero-order valence-corrected chi connectivity index (χ0v) is 14.9. The van der Waals surface area contributed by atoms with Gasteiger partial charge in [0.25, 0.3) is 5.91 Å². The molecule has 0 radical (unpaired) electrons.